The summed E-state index contributed by atoms with van der Waals surface area (Å²) < 4.78 is 31.9. The predicted octanol–water partition coefficient (Wildman–Crippen LogP) is 1.79. The summed E-state index contributed by atoms with van der Waals surface area (Å²) in [6.07, 6.45) is 3.97. The molecule has 26 heavy (non-hydrogen) atoms. The standard InChI is InChI=1S/C18H26N4O3S/c1-14(19-2)13-17-20-18(25-21-17)10-7-15-5-8-16(9-6-15)26(23,24)22-11-3-4-12-22/h5-6,8-9,14,19H,3-4,7,10-13H2,1-2H3. The van der Waals surface area contributed by atoms with Crippen molar-refractivity contribution in [3.8, 4) is 0 Å². The molecule has 1 aliphatic heterocycles. The van der Waals surface area contributed by atoms with E-state index in [4.69, 9.17) is 4.52 Å². The fourth-order valence-corrected chi connectivity index (χ4v) is 4.52. The lowest BCUT2D eigenvalue weighted by molar-refractivity contribution is 0.371. The van der Waals surface area contributed by atoms with Crippen LogP contribution in [-0.4, -0.2) is 49.0 Å². The zero-order valence-electron chi connectivity index (χ0n) is 15.3. The van der Waals surface area contributed by atoms with Gasteiger partial charge in [-0.15, -0.1) is 0 Å². The van der Waals surface area contributed by atoms with Crippen LogP contribution in [-0.2, 0) is 29.3 Å². The highest BCUT2D eigenvalue weighted by Crippen LogP contribution is 2.21. The minimum atomic E-state index is -3.35. The van der Waals surface area contributed by atoms with Crippen LogP contribution in [0.5, 0.6) is 0 Å². The first kappa shape index (κ1) is 19.0. The maximum absolute atomic E-state index is 12.5. The number of likely N-dealkylation sites (N-methyl/N-ethyl adjacent to an activating group) is 1. The number of aromatic nitrogens is 2. The van der Waals surface area contributed by atoms with Gasteiger partial charge in [0.15, 0.2) is 5.82 Å². The minimum absolute atomic E-state index is 0.297. The molecule has 7 nitrogen and oxygen atoms in total. The van der Waals surface area contributed by atoms with E-state index in [2.05, 4.69) is 22.4 Å². The van der Waals surface area contributed by atoms with Crippen LogP contribution in [0.4, 0.5) is 0 Å². The van der Waals surface area contributed by atoms with Crippen LogP contribution >= 0.6 is 0 Å². The van der Waals surface area contributed by atoms with Crippen molar-refractivity contribution in [2.45, 2.75) is 50.0 Å². The molecule has 1 N–H and O–H groups in total. The summed E-state index contributed by atoms with van der Waals surface area (Å²) >= 11 is 0. The van der Waals surface area contributed by atoms with Gasteiger partial charge in [0, 0.05) is 32.0 Å². The molecule has 1 aromatic carbocycles. The summed E-state index contributed by atoms with van der Waals surface area (Å²) in [5.41, 5.74) is 1.05. The average Bonchev–Trinajstić information content (AvgIpc) is 3.32. The van der Waals surface area contributed by atoms with E-state index >= 15 is 0 Å². The Kier molecular flexibility index (Phi) is 6.05. The first-order valence-electron chi connectivity index (χ1n) is 9.07. The molecule has 1 aromatic heterocycles. The molecule has 8 heteroatoms. The van der Waals surface area contributed by atoms with Gasteiger partial charge in [-0.3, -0.25) is 0 Å². The lowest BCUT2D eigenvalue weighted by atomic mass is 10.1. The zero-order valence-corrected chi connectivity index (χ0v) is 16.1. The van der Waals surface area contributed by atoms with E-state index in [1.54, 1.807) is 16.4 Å². The van der Waals surface area contributed by atoms with Crippen LogP contribution in [0.1, 0.15) is 37.0 Å². The lowest BCUT2D eigenvalue weighted by Crippen LogP contribution is -2.27. The molecule has 0 aliphatic carbocycles. The molecule has 1 saturated heterocycles. The van der Waals surface area contributed by atoms with Crippen LogP contribution < -0.4 is 5.32 Å². The molecule has 1 atom stereocenters. The number of nitrogens with one attached hydrogen (secondary N) is 1. The number of hydrogen-bond donors (Lipinski definition) is 1. The third-order valence-electron chi connectivity index (χ3n) is 4.75. The van der Waals surface area contributed by atoms with E-state index in [1.807, 2.05) is 19.2 Å². The van der Waals surface area contributed by atoms with Gasteiger partial charge in [0.05, 0.1) is 4.90 Å². The van der Waals surface area contributed by atoms with Crippen molar-refractivity contribution >= 4 is 10.0 Å². The van der Waals surface area contributed by atoms with Gasteiger partial charge in [0.1, 0.15) is 0 Å². The number of rotatable bonds is 8. The topological polar surface area (TPSA) is 88.3 Å². The van der Waals surface area contributed by atoms with E-state index in [0.717, 1.165) is 31.2 Å². The summed E-state index contributed by atoms with van der Waals surface area (Å²) in [6, 6.07) is 7.41. The minimum Gasteiger partial charge on any atom is -0.339 e. The van der Waals surface area contributed by atoms with Gasteiger partial charge >= 0.3 is 0 Å². The van der Waals surface area contributed by atoms with Gasteiger partial charge < -0.3 is 9.84 Å². The van der Waals surface area contributed by atoms with E-state index in [0.29, 0.717) is 42.2 Å². The number of hydrogen-bond acceptors (Lipinski definition) is 6. The van der Waals surface area contributed by atoms with Crippen molar-refractivity contribution in [1.82, 2.24) is 19.8 Å². The van der Waals surface area contributed by atoms with Gasteiger partial charge in [-0.25, -0.2) is 8.42 Å². The summed E-state index contributed by atoms with van der Waals surface area (Å²) in [6.45, 7) is 3.30. The fraction of sp³-hybridized carbons (Fsp3) is 0.556. The van der Waals surface area contributed by atoms with E-state index < -0.39 is 10.0 Å². The number of aryl methyl sites for hydroxylation is 2. The highest BCUT2D eigenvalue weighted by molar-refractivity contribution is 7.89. The Morgan fingerprint density at radius 1 is 1.19 bits per heavy atom. The molecule has 1 aliphatic rings. The maximum Gasteiger partial charge on any atom is 0.243 e. The molecule has 0 amide bonds. The molecule has 1 fully saturated rings. The Bertz CT molecular complexity index is 811. The highest BCUT2D eigenvalue weighted by atomic mass is 32.2. The molecule has 0 bridgehead atoms. The predicted molar refractivity (Wildman–Crippen MR) is 98.4 cm³/mol. The van der Waals surface area contributed by atoms with Gasteiger partial charge in [0.25, 0.3) is 0 Å². The number of benzene rings is 1. The lowest BCUT2D eigenvalue weighted by Gasteiger charge is -2.15. The third kappa shape index (κ3) is 4.49. The number of nitrogens with zero attached hydrogens (tertiary/aromatic N) is 3. The van der Waals surface area contributed by atoms with Crippen LogP contribution in [0.15, 0.2) is 33.7 Å². The Balaban J connectivity index is 1.58. The molecule has 142 valence electrons. The maximum atomic E-state index is 12.5. The van der Waals surface area contributed by atoms with Crippen molar-refractivity contribution < 1.29 is 12.9 Å². The van der Waals surface area contributed by atoms with E-state index in [9.17, 15) is 8.42 Å². The van der Waals surface area contributed by atoms with Crippen LogP contribution in [0.2, 0.25) is 0 Å². The second-order valence-corrected chi connectivity index (χ2v) is 8.69. The van der Waals surface area contributed by atoms with Gasteiger partial charge in [-0.2, -0.15) is 9.29 Å². The number of sulfonamides is 1. The summed E-state index contributed by atoms with van der Waals surface area (Å²) in [5, 5.41) is 7.14. The Morgan fingerprint density at radius 2 is 1.88 bits per heavy atom. The quantitative estimate of drug-likeness (QED) is 0.753. The van der Waals surface area contributed by atoms with Gasteiger partial charge in [-0.05, 0) is 50.9 Å². The van der Waals surface area contributed by atoms with Gasteiger partial charge in [0.2, 0.25) is 15.9 Å². The second-order valence-electron chi connectivity index (χ2n) is 6.75. The molecule has 0 radical (unpaired) electrons. The first-order chi connectivity index (χ1) is 12.5. The van der Waals surface area contributed by atoms with Crippen LogP contribution in [0.3, 0.4) is 0 Å². The first-order valence-corrected chi connectivity index (χ1v) is 10.5. The fourth-order valence-electron chi connectivity index (χ4n) is 3.01. The summed E-state index contributed by atoms with van der Waals surface area (Å²) in [7, 11) is -1.44. The zero-order chi connectivity index (χ0) is 18.6. The smallest absolute Gasteiger partial charge is 0.243 e. The molecular formula is C18H26N4O3S. The largest absolute Gasteiger partial charge is 0.339 e. The van der Waals surface area contributed by atoms with Crippen LogP contribution in [0.25, 0.3) is 0 Å². The molecule has 0 saturated carbocycles. The Labute approximate surface area is 154 Å². The third-order valence-corrected chi connectivity index (χ3v) is 6.66. The monoisotopic (exact) mass is 378 g/mol. The molecular weight excluding hydrogens is 352 g/mol. The van der Waals surface area contributed by atoms with Crippen molar-refractivity contribution in [2.75, 3.05) is 20.1 Å². The van der Waals surface area contributed by atoms with Gasteiger partial charge in [-0.1, -0.05) is 17.3 Å². The van der Waals surface area contributed by atoms with Crippen molar-refractivity contribution in [1.29, 1.82) is 0 Å². The molecule has 3 rings (SSSR count). The van der Waals surface area contributed by atoms with Crippen LogP contribution in [0, 0.1) is 0 Å². The summed E-state index contributed by atoms with van der Waals surface area (Å²) in [5.74, 6) is 1.31. The molecule has 2 aromatic rings. The molecule has 2 heterocycles. The average molecular weight is 378 g/mol. The second kappa shape index (κ2) is 8.28. The normalized spacial score (nSPS) is 16.8. The van der Waals surface area contributed by atoms with Crippen molar-refractivity contribution in [3.63, 3.8) is 0 Å². The van der Waals surface area contributed by atoms with Crippen molar-refractivity contribution in [2.24, 2.45) is 0 Å². The Hall–Kier alpha value is -1.77. The van der Waals surface area contributed by atoms with E-state index in [1.165, 1.54) is 0 Å². The highest BCUT2D eigenvalue weighted by Gasteiger charge is 2.26. The molecule has 0 spiro atoms. The van der Waals surface area contributed by atoms with Crippen molar-refractivity contribution in [3.05, 3.63) is 41.5 Å². The SMILES string of the molecule is CNC(C)Cc1noc(CCc2ccc(S(=O)(=O)N3CCCC3)cc2)n1. The Morgan fingerprint density at radius 3 is 2.54 bits per heavy atom. The summed E-state index contributed by atoms with van der Waals surface area (Å²) in [4.78, 5) is 4.77. The molecule has 1 unspecified atom stereocenters. The van der Waals surface area contributed by atoms with E-state index in [-0.39, 0.29) is 0 Å².